The first-order valence-electron chi connectivity index (χ1n) is 4.90. The second-order valence-electron chi connectivity index (χ2n) is 3.99. The van der Waals surface area contributed by atoms with Gasteiger partial charge in [0.2, 0.25) is 0 Å². The number of phenols is 1. The molecule has 0 atom stereocenters. The summed E-state index contributed by atoms with van der Waals surface area (Å²) in [6, 6.07) is 2.30. The normalized spacial score (nSPS) is 17.9. The molecule has 1 saturated carbocycles. The quantitative estimate of drug-likeness (QED) is 0.841. The fraction of sp³-hybridized carbons (Fsp3) is 0.364. The molecular formula is C11H10ClFO3. The van der Waals surface area contributed by atoms with E-state index < -0.39 is 23.0 Å². The van der Waals surface area contributed by atoms with Crippen LogP contribution in [0.4, 0.5) is 4.39 Å². The van der Waals surface area contributed by atoms with Gasteiger partial charge in [0.15, 0.2) is 11.6 Å². The largest absolute Gasteiger partial charge is 0.505 e. The van der Waals surface area contributed by atoms with Gasteiger partial charge in [-0.15, -0.1) is 0 Å². The van der Waals surface area contributed by atoms with Gasteiger partial charge in [0, 0.05) is 10.6 Å². The van der Waals surface area contributed by atoms with Crippen molar-refractivity contribution in [2.24, 2.45) is 0 Å². The van der Waals surface area contributed by atoms with E-state index in [1.165, 1.54) is 6.07 Å². The summed E-state index contributed by atoms with van der Waals surface area (Å²) in [6.45, 7) is 0. The standard InChI is InChI=1S/C11H10ClFO3/c12-6-2-3-7(13)9(14)8(6)11(10(15)16)4-1-5-11/h2-3,14H,1,4-5H2,(H,15,16). The van der Waals surface area contributed by atoms with Gasteiger partial charge in [0.05, 0.1) is 5.41 Å². The molecule has 1 aromatic carbocycles. The molecule has 1 fully saturated rings. The molecule has 0 amide bonds. The Morgan fingerprint density at radius 1 is 1.44 bits per heavy atom. The number of hydrogen-bond donors (Lipinski definition) is 2. The van der Waals surface area contributed by atoms with Gasteiger partial charge in [-0.3, -0.25) is 4.79 Å². The lowest BCUT2D eigenvalue weighted by Crippen LogP contribution is -2.42. The molecule has 0 aromatic heterocycles. The van der Waals surface area contributed by atoms with E-state index in [1.54, 1.807) is 0 Å². The van der Waals surface area contributed by atoms with Crippen molar-refractivity contribution in [1.29, 1.82) is 0 Å². The molecule has 3 nitrogen and oxygen atoms in total. The zero-order valence-electron chi connectivity index (χ0n) is 8.33. The van der Waals surface area contributed by atoms with Crippen LogP contribution in [-0.4, -0.2) is 16.2 Å². The van der Waals surface area contributed by atoms with Crippen molar-refractivity contribution in [2.45, 2.75) is 24.7 Å². The van der Waals surface area contributed by atoms with Gasteiger partial charge in [-0.05, 0) is 25.0 Å². The average Bonchev–Trinajstić information content (AvgIpc) is 2.15. The number of aromatic hydroxyl groups is 1. The topological polar surface area (TPSA) is 57.5 Å². The number of carboxylic acid groups (broad SMARTS) is 1. The Balaban J connectivity index is 2.63. The molecule has 1 aliphatic rings. The smallest absolute Gasteiger partial charge is 0.314 e. The molecule has 0 aliphatic heterocycles. The van der Waals surface area contributed by atoms with E-state index in [1.807, 2.05) is 0 Å². The van der Waals surface area contributed by atoms with Crippen molar-refractivity contribution in [2.75, 3.05) is 0 Å². The Hall–Kier alpha value is -1.29. The van der Waals surface area contributed by atoms with Gasteiger partial charge in [-0.25, -0.2) is 4.39 Å². The van der Waals surface area contributed by atoms with E-state index in [4.69, 9.17) is 11.6 Å². The number of aliphatic carboxylic acids is 1. The van der Waals surface area contributed by atoms with Crippen molar-refractivity contribution >= 4 is 17.6 Å². The van der Waals surface area contributed by atoms with E-state index in [-0.39, 0.29) is 10.6 Å². The summed E-state index contributed by atoms with van der Waals surface area (Å²) in [5.41, 5.74) is -1.21. The molecule has 1 aliphatic carbocycles. The van der Waals surface area contributed by atoms with Gasteiger partial charge in [0.1, 0.15) is 0 Å². The van der Waals surface area contributed by atoms with Gasteiger partial charge in [-0.2, -0.15) is 0 Å². The maximum atomic E-state index is 13.2. The number of hydrogen-bond acceptors (Lipinski definition) is 2. The minimum atomic E-state index is -1.22. The maximum Gasteiger partial charge on any atom is 0.314 e. The summed E-state index contributed by atoms with van der Waals surface area (Å²) in [6.07, 6.45) is 1.48. The van der Waals surface area contributed by atoms with Crippen LogP contribution in [0.3, 0.4) is 0 Å². The summed E-state index contributed by atoms with van der Waals surface area (Å²) >= 11 is 5.85. The highest BCUT2D eigenvalue weighted by Crippen LogP contribution is 2.50. The third-order valence-corrected chi connectivity index (χ3v) is 3.49. The predicted molar refractivity (Wildman–Crippen MR) is 56.2 cm³/mol. The molecule has 5 heteroatoms. The fourth-order valence-corrected chi connectivity index (χ4v) is 2.43. The zero-order chi connectivity index (χ0) is 11.9. The number of carboxylic acids is 1. The van der Waals surface area contributed by atoms with E-state index in [0.29, 0.717) is 12.8 Å². The Morgan fingerprint density at radius 2 is 2.06 bits per heavy atom. The lowest BCUT2D eigenvalue weighted by molar-refractivity contribution is -0.147. The molecule has 0 radical (unpaired) electrons. The number of phenolic OH excluding ortho intramolecular Hbond substituents is 1. The van der Waals surface area contributed by atoms with Crippen molar-refractivity contribution in [3.05, 3.63) is 28.5 Å². The second-order valence-corrected chi connectivity index (χ2v) is 4.40. The molecule has 0 unspecified atom stereocenters. The molecule has 2 N–H and O–H groups in total. The molecule has 2 rings (SSSR count). The van der Waals surface area contributed by atoms with Gasteiger partial charge in [0.25, 0.3) is 0 Å². The molecule has 1 aromatic rings. The number of halogens is 2. The van der Waals surface area contributed by atoms with Gasteiger partial charge < -0.3 is 10.2 Å². The maximum absolute atomic E-state index is 13.2. The summed E-state index contributed by atoms with van der Waals surface area (Å²) in [5, 5.41) is 18.9. The van der Waals surface area contributed by atoms with Crippen LogP contribution in [-0.2, 0) is 10.2 Å². The van der Waals surface area contributed by atoms with Gasteiger partial charge in [-0.1, -0.05) is 18.0 Å². The number of benzene rings is 1. The first-order valence-corrected chi connectivity index (χ1v) is 5.28. The summed E-state index contributed by atoms with van der Waals surface area (Å²) in [5.74, 6) is -2.55. The monoisotopic (exact) mass is 244 g/mol. The fourth-order valence-electron chi connectivity index (χ4n) is 2.10. The van der Waals surface area contributed by atoms with Crippen LogP contribution < -0.4 is 0 Å². The van der Waals surface area contributed by atoms with Crippen LogP contribution in [0.1, 0.15) is 24.8 Å². The second kappa shape index (κ2) is 3.63. The van der Waals surface area contributed by atoms with E-state index >= 15 is 0 Å². The van der Waals surface area contributed by atoms with E-state index in [9.17, 15) is 19.4 Å². The first-order chi connectivity index (χ1) is 7.49. The molecule has 0 saturated heterocycles. The van der Waals surface area contributed by atoms with Crippen LogP contribution in [0.5, 0.6) is 5.75 Å². The van der Waals surface area contributed by atoms with E-state index in [2.05, 4.69) is 0 Å². The molecular weight excluding hydrogens is 235 g/mol. The van der Waals surface area contributed by atoms with E-state index in [0.717, 1.165) is 12.5 Å². The van der Waals surface area contributed by atoms with Gasteiger partial charge >= 0.3 is 5.97 Å². The lowest BCUT2D eigenvalue weighted by atomic mass is 9.64. The summed E-state index contributed by atoms with van der Waals surface area (Å²) in [4.78, 5) is 11.2. The molecule has 0 spiro atoms. The highest BCUT2D eigenvalue weighted by molar-refractivity contribution is 6.32. The number of rotatable bonds is 2. The third kappa shape index (κ3) is 1.37. The Labute approximate surface area is 96.5 Å². The summed E-state index contributed by atoms with van der Waals surface area (Å²) < 4.78 is 13.2. The van der Waals surface area contributed by atoms with Crippen molar-refractivity contribution in [3.63, 3.8) is 0 Å². The molecule has 16 heavy (non-hydrogen) atoms. The van der Waals surface area contributed by atoms with Crippen LogP contribution in [0.2, 0.25) is 5.02 Å². The SMILES string of the molecule is O=C(O)C1(c2c(Cl)ccc(F)c2O)CCC1. The molecule has 0 bridgehead atoms. The zero-order valence-corrected chi connectivity index (χ0v) is 9.09. The highest BCUT2D eigenvalue weighted by Gasteiger charge is 2.49. The van der Waals surface area contributed by atoms with Crippen molar-refractivity contribution < 1.29 is 19.4 Å². The van der Waals surface area contributed by atoms with Crippen molar-refractivity contribution in [3.8, 4) is 5.75 Å². The van der Waals surface area contributed by atoms with Crippen LogP contribution in [0, 0.1) is 5.82 Å². The number of carbonyl (C=O) groups is 1. The first kappa shape index (κ1) is 11.2. The van der Waals surface area contributed by atoms with Crippen molar-refractivity contribution in [1.82, 2.24) is 0 Å². The Morgan fingerprint density at radius 3 is 2.50 bits per heavy atom. The van der Waals surface area contributed by atoms with Crippen LogP contribution >= 0.6 is 11.6 Å². The third-order valence-electron chi connectivity index (χ3n) is 3.17. The highest BCUT2D eigenvalue weighted by atomic mass is 35.5. The minimum Gasteiger partial charge on any atom is -0.505 e. The minimum absolute atomic E-state index is 0.00733. The lowest BCUT2D eigenvalue weighted by Gasteiger charge is -2.38. The van der Waals surface area contributed by atoms with Crippen LogP contribution in [0.25, 0.3) is 0 Å². The Kier molecular flexibility index (Phi) is 2.54. The van der Waals surface area contributed by atoms with Crippen LogP contribution in [0.15, 0.2) is 12.1 Å². The predicted octanol–water partition coefficient (Wildman–Crippen LogP) is 2.69. The Bertz CT molecular complexity index is 455. The molecule has 0 heterocycles. The summed E-state index contributed by atoms with van der Waals surface area (Å²) in [7, 11) is 0. The molecule has 86 valence electrons. The average molecular weight is 245 g/mol.